The van der Waals surface area contributed by atoms with Crippen LogP contribution in [0.1, 0.15) is 4.88 Å². The van der Waals surface area contributed by atoms with Crippen molar-refractivity contribution in [3.05, 3.63) is 44.0 Å². The molecule has 0 N–H and O–H groups in total. The van der Waals surface area contributed by atoms with Gasteiger partial charge in [0.05, 0.1) is 11.4 Å². The minimum atomic E-state index is -3.65. The van der Waals surface area contributed by atoms with Gasteiger partial charge in [0.25, 0.3) is 0 Å². The molecule has 1 aromatic carbocycles. The Morgan fingerprint density at radius 3 is 2.62 bits per heavy atom. The lowest BCUT2D eigenvalue weighted by molar-refractivity contribution is 0.397. The predicted octanol–water partition coefficient (Wildman–Crippen LogP) is 3.99. The number of sulfonamides is 1. The third kappa shape index (κ3) is 3.78. The van der Waals surface area contributed by atoms with Gasteiger partial charge in [0.2, 0.25) is 10.0 Å². The Morgan fingerprint density at radius 1 is 1.33 bits per heavy atom. The smallest absolute Gasteiger partial charge is 0.246 e. The molecule has 0 fully saturated rings. The lowest BCUT2D eigenvalue weighted by Gasteiger charge is -2.18. The Kier molecular flexibility index (Phi) is 5.32. The number of nitrogens with zero attached hydrogens (tertiary/aromatic N) is 1. The molecule has 1 heterocycles. The average molecular weight is 411 g/mol. The summed E-state index contributed by atoms with van der Waals surface area (Å²) in [6.45, 7) is 0.259. The van der Waals surface area contributed by atoms with Crippen LogP contribution < -0.4 is 4.74 Å². The van der Waals surface area contributed by atoms with E-state index in [2.05, 4.69) is 15.9 Å². The fourth-order valence-corrected chi connectivity index (χ4v) is 4.82. The monoisotopic (exact) mass is 409 g/mol. The van der Waals surface area contributed by atoms with Gasteiger partial charge in [-0.25, -0.2) is 8.42 Å². The van der Waals surface area contributed by atoms with Crippen LogP contribution in [-0.4, -0.2) is 26.9 Å². The molecule has 0 amide bonds. The molecule has 4 nitrogen and oxygen atoms in total. The number of thiophene rings is 1. The predicted molar refractivity (Wildman–Crippen MR) is 88.7 cm³/mol. The largest absolute Gasteiger partial charge is 0.495 e. The molecule has 21 heavy (non-hydrogen) atoms. The molecule has 0 aliphatic rings. The second-order valence-electron chi connectivity index (χ2n) is 4.26. The molecule has 0 radical (unpaired) electrons. The number of benzene rings is 1. The molecule has 0 aliphatic heterocycles. The highest BCUT2D eigenvalue weighted by molar-refractivity contribution is 9.10. The molecule has 0 atom stereocenters. The quantitative estimate of drug-likeness (QED) is 0.748. The van der Waals surface area contributed by atoms with Crippen molar-refractivity contribution in [1.29, 1.82) is 0 Å². The van der Waals surface area contributed by atoms with Crippen molar-refractivity contribution < 1.29 is 13.2 Å². The molecule has 0 unspecified atom stereocenters. The zero-order valence-corrected chi connectivity index (χ0v) is 15.3. The molecule has 0 spiro atoms. The van der Waals surface area contributed by atoms with E-state index in [0.29, 0.717) is 14.6 Å². The highest BCUT2D eigenvalue weighted by Crippen LogP contribution is 2.31. The van der Waals surface area contributed by atoms with Crippen molar-refractivity contribution in [2.75, 3.05) is 14.2 Å². The summed E-state index contributed by atoms with van der Waals surface area (Å²) in [7, 11) is -0.674. The van der Waals surface area contributed by atoms with E-state index in [-0.39, 0.29) is 11.4 Å². The maximum absolute atomic E-state index is 12.7. The Labute approximate surface area is 141 Å². The summed E-state index contributed by atoms with van der Waals surface area (Å²) in [6.07, 6.45) is 0. The van der Waals surface area contributed by atoms with Crippen LogP contribution in [0.3, 0.4) is 0 Å². The van der Waals surface area contributed by atoms with Crippen LogP contribution in [0, 0.1) is 0 Å². The standard InChI is InChI=1S/C13H13BrClNO3S2/c1-16(8-10-4-6-13(15)20-10)21(17,18)12-7-9(14)3-5-11(12)19-2/h3-7H,8H2,1-2H3. The zero-order chi connectivity index (χ0) is 15.6. The molecule has 8 heteroatoms. The number of ether oxygens (including phenoxy) is 1. The molecule has 114 valence electrons. The number of halogens is 2. The molecular formula is C13H13BrClNO3S2. The molecule has 0 aliphatic carbocycles. The summed E-state index contributed by atoms with van der Waals surface area (Å²) >= 11 is 10.5. The molecule has 0 saturated carbocycles. The van der Waals surface area contributed by atoms with Crippen molar-refractivity contribution in [3.8, 4) is 5.75 Å². The van der Waals surface area contributed by atoms with Gasteiger partial charge in [-0.1, -0.05) is 27.5 Å². The zero-order valence-electron chi connectivity index (χ0n) is 11.3. The van der Waals surface area contributed by atoms with Crippen LogP contribution in [0.25, 0.3) is 0 Å². The molecular weight excluding hydrogens is 398 g/mol. The van der Waals surface area contributed by atoms with Crippen LogP contribution in [0.5, 0.6) is 5.75 Å². The summed E-state index contributed by atoms with van der Waals surface area (Å²) in [5, 5.41) is 0. The minimum absolute atomic E-state index is 0.129. The van der Waals surface area contributed by atoms with E-state index in [0.717, 1.165) is 4.88 Å². The van der Waals surface area contributed by atoms with Gasteiger partial charge in [0, 0.05) is 22.9 Å². The van der Waals surface area contributed by atoms with Crippen molar-refractivity contribution in [2.45, 2.75) is 11.4 Å². The van der Waals surface area contributed by atoms with E-state index in [9.17, 15) is 8.42 Å². The summed E-state index contributed by atoms with van der Waals surface area (Å²) < 4.78 is 33.1. The minimum Gasteiger partial charge on any atom is -0.495 e. The summed E-state index contributed by atoms with van der Waals surface area (Å²) in [5.41, 5.74) is 0. The Bertz CT molecular complexity index is 746. The number of hydrogen-bond acceptors (Lipinski definition) is 4. The molecule has 0 saturated heterocycles. The van der Waals surface area contributed by atoms with E-state index in [1.165, 1.54) is 35.9 Å². The second kappa shape index (κ2) is 6.66. The van der Waals surface area contributed by atoms with Gasteiger partial charge in [0.1, 0.15) is 10.6 Å². The van der Waals surface area contributed by atoms with Crippen molar-refractivity contribution in [2.24, 2.45) is 0 Å². The summed E-state index contributed by atoms with van der Waals surface area (Å²) in [5.74, 6) is 0.314. The second-order valence-corrected chi connectivity index (χ2v) is 8.99. The van der Waals surface area contributed by atoms with Crippen LogP contribution >= 0.6 is 38.9 Å². The van der Waals surface area contributed by atoms with Crippen molar-refractivity contribution >= 4 is 48.9 Å². The topological polar surface area (TPSA) is 46.6 Å². The molecule has 2 aromatic rings. The Hall–Kier alpha value is -0.600. The third-order valence-corrected chi connectivity index (χ3v) is 6.35. The highest BCUT2D eigenvalue weighted by atomic mass is 79.9. The van der Waals surface area contributed by atoms with Gasteiger partial charge < -0.3 is 4.74 Å². The van der Waals surface area contributed by atoms with E-state index in [1.54, 1.807) is 18.2 Å². The normalized spacial score (nSPS) is 11.9. The van der Waals surface area contributed by atoms with Crippen molar-refractivity contribution in [3.63, 3.8) is 0 Å². The first-order valence-corrected chi connectivity index (χ1v) is 9.31. The number of hydrogen-bond donors (Lipinski definition) is 0. The van der Waals surface area contributed by atoms with Crippen LogP contribution in [0.4, 0.5) is 0 Å². The first-order valence-electron chi connectivity index (χ1n) is 5.88. The van der Waals surface area contributed by atoms with Gasteiger partial charge in [-0.05, 0) is 30.3 Å². The van der Waals surface area contributed by atoms with E-state index < -0.39 is 10.0 Å². The SMILES string of the molecule is COc1ccc(Br)cc1S(=O)(=O)N(C)Cc1ccc(Cl)s1. The summed E-state index contributed by atoms with van der Waals surface area (Å²) in [6, 6.07) is 8.45. The number of rotatable bonds is 5. The fraction of sp³-hybridized carbons (Fsp3) is 0.231. The molecule has 2 rings (SSSR count). The van der Waals surface area contributed by atoms with Gasteiger partial charge in [-0.15, -0.1) is 11.3 Å². The maximum Gasteiger partial charge on any atom is 0.246 e. The van der Waals surface area contributed by atoms with Crippen LogP contribution in [0.15, 0.2) is 39.7 Å². The molecule has 1 aromatic heterocycles. The van der Waals surface area contributed by atoms with E-state index in [4.69, 9.17) is 16.3 Å². The van der Waals surface area contributed by atoms with E-state index in [1.807, 2.05) is 6.07 Å². The van der Waals surface area contributed by atoms with Gasteiger partial charge >= 0.3 is 0 Å². The van der Waals surface area contributed by atoms with Crippen molar-refractivity contribution in [1.82, 2.24) is 4.31 Å². The average Bonchev–Trinajstić information content (AvgIpc) is 2.84. The van der Waals surface area contributed by atoms with Gasteiger partial charge in [-0.2, -0.15) is 4.31 Å². The first kappa shape index (κ1) is 16.8. The van der Waals surface area contributed by atoms with Crippen LogP contribution in [-0.2, 0) is 16.6 Å². The van der Waals surface area contributed by atoms with Gasteiger partial charge in [-0.3, -0.25) is 0 Å². The van der Waals surface area contributed by atoms with Gasteiger partial charge in [0.15, 0.2) is 0 Å². The Morgan fingerprint density at radius 2 is 2.05 bits per heavy atom. The van der Waals surface area contributed by atoms with Crippen LogP contribution in [0.2, 0.25) is 4.34 Å². The van der Waals surface area contributed by atoms with E-state index >= 15 is 0 Å². The maximum atomic E-state index is 12.7. The highest BCUT2D eigenvalue weighted by Gasteiger charge is 2.25. The lowest BCUT2D eigenvalue weighted by atomic mass is 10.3. The Balaban J connectivity index is 2.35. The lowest BCUT2D eigenvalue weighted by Crippen LogP contribution is -2.26. The summed E-state index contributed by atoms with van der Waals surface area (Å²) in [4.78, 5) is 1.00. The molecule has 0 bridgehead atoms. The fourth-order valence-electron chi connectivity index (χ4n) is 1.76. The third-order valence-electron chi connectivity index (χ3n) is 2.82. The number of methoxy groups -OCH3 is 1. The first-order chi connectivity index (χ1) is 9.84.